The second-order valence-electron chi connectivity index (χ2n) is 8.14. The van der Waals surface area contributed by atoms with Crippen molar-refractivity contribution in [2.24, 2.45) is 5.10 Å². The van der Waals surface area contributed by atoms with Gasteiger partial charge in [0.05, 0.1) is 16.8 Å². The number of halogens is 1. The molecule has 33 heavy (non-hydrogen) atoms. The van der Waals surface area contributed by atoms with Crippen LogP contribution >= 0.6 is 0 Å². The van der Waals surface area contributed by atoms with E-state index in [4.69, 9.17) is 0 Å². The largest absolute Gasteiger partial charge is 0.388 e. The van der Waals surface area contributed by atoms with Gasteiger partial charge in [-0.1, -0.05) is 32.0 Å². The first-order valence-corrected chi connectivity index (χ1v) is 10.8. The number of para-hydroxylation sites is 1. The molecule has 0 atom stereocenters. The molecule has 1 heterocycles. The van der Waals surface area contributed by atoms with E-state index in [0.717, 1.165) is 16.8 Å². The van der Waals surface area contributed by atoms with Crippen LogP contribution in [0.2, 0.25) is 0 Å². The quantitative estimate of drug-likeness (QED) is 0.256. The lowest BCUT2D eigenvalue weighted by molar-refractivity contribution is -0.114. The average Bonchev–Trinajstić information content (AvgIpc) is 2.79. The molecule has 0 bridgehead atoms. The molecule has 0 aliphatic heterocycles. The van der Waals surface area contributed by atoms with Gasteiger partial charge in [0.1, 0.15) is 12.4 Å². The Morgan fingerprint density at radius 2 is 1.94 bits per heavy atom. The molecule has 0 saturated carbocycles. The average molecular weight is 453 g/mol. The molecule has 0 fully saturated rings. The molecular formula is C25H29FN4O3. The number of likely N-dealkylation sites (N-methyl/N-ethyl adjacent to an activating group) is 1. The standard InChI is InChI=1S/C25H29FN4O3/c1-6-29(15-32)24(14-31)27-28(5)23-12-18-19(11-21(23)26)25(33)30(13-20(18)16(2)3)22-10-8-7-9-17(22)4/h7-13,15-16,31H,6,14H2,1-5H3/b27-24-. The van der Waals surface area contributed by atoms with Crippen LogP contribution < -0.4 is 10.6 Å². The van der Waals surface area contributed by atoms with Crippen molar-refractivity contribution in [3.63, 3.8) is 0 Å². The van der Waals surface area contributed by atoms with Crippen LogP contribution in [0.1, 0.15) is 37.8 Å². The lowest BCUT2D eigenvalue weighted by Gasteiger charge is -2.22. The zero-order valence-corrected chi connectivity index (χ0v) is 19.5. The summed E-state index contributed by atoms with van der Waals surface area (Å²) >= 11 is 0. The number of hydrogen-bond donors (Lipinski definition) is 1. The van der Waals surface area contributed by atoms with Gasteiger partial charge in [-0.3, -0.25) is 24.1 Å². The number of hydrogen-bond acceptors (Lipinski definition) is 5. The smallest absolute Gasteiger partial charge is 0.263 e. The summed E-state index contributed by atoms with van der Waals surface area (Å²) in [5.74, 6) is -0.475. The third kappa shape index (κ3) is 4.66. The zero-order valence-electron chi connectivity index (χ0n) is 19.5. The van der Waals surface area contributed by atoms with Crippen molar-refractivity contribution in [1.82, 2.24) is 9.47 Å². The number of rotatable bonds is 7. The first-order chi connectivity index (χ1) is 15.7. The highest BCUT2D eigenvalue weighted by Gasteiger charge is 2.19. The van der Waals surface area contributed by atoms with Gasteiger partial charge in [-0.25, -0.2) is 4.39 Å². The molecular weight excluding hydrogens is 423 g/mol. The number of aromatic nitrogens is 1. The van der Waals surface area contributed by atoms with E-state index >= 15 is 4.39 Å². The molecule has 0 aliphatic rings. The van der Waals surface area contributed by atoms with Gasteiger partial charge < -0.3 is 5.11 Å². The normalized spacial score (nSPS) is 11.8. The number of amidine groups is 1. The summed E-state index contributed by atoms with van der Waals surface area (Å²) in [4.78, 5) is 25.8. The molecule has 0 unspecified atom stereocenters. The first-order valence-electron chi connectivity index (χ1n) is 10.8. The fourth-order valence-corrected chi connectivity index (χ4v) is 3.82. The van der Waals surface area contributed by atoms with Crippen molar-refractivity contribution in [3.8, 4) is 5.69 Å². The van der Waals surface area contributed by atoms with Crippen molar-refractivity contribution in [3.05, 3.63) is 69.9 Å². The van der Waals surface area contributed by atoms with Crippen molar-refractivity contribution in [2.45, 2.75) is 33.6 Å². The van der Waals surface area contributed by atoms with Crippen LogP contribution in [-0.4, -0.2) is 47.0 Å². The number of aliphatic hydroxyl groups excluding tert-OH is 1. The highest BCUT2D eigenvalue weighted by Crippen LogP contribution is 2.30. The highest BCUT2D eigenvalue weighted by atomic mass is 19.1. The summed E-state index contributed by atoms with van der Waals surface area (Å²) in [6.45, 7) is 7.52. The molecule has 3 aromatic rings. The summed E-state index contributed by atoms with van der Waals surface area (Å²) in [5, 5.41) is 16.0. The monoisotopic (exact) mass is 452 g/mol. The minimum absolute atomic E-state index is 0.0640. The van der Waals surface area contributed by atoms with Gasteiger partial charge in [0, 0.05) is 19.8 Å². The van der Waals surface area contributed by atoms with Crippen LogP contribution in [0.3, 0.4) is 0 Å². The Kier molecular flexibility index (Phi) is 7.28. The lowest BCUT2D eigenvalue weighted by Crippen LogP contribution is -2.34. The topological polar surface area (TPSA) is 78.1 Å². The first kappa shape index (κ1) is 24.1. The Balaban J connectivity index is 2.25. The fraction of sp³-hybridized carbons (Fsp3) is 0.320. The number of carbonyl (C=O) groups excluding carboxylic acids is 1. The van der Waals surface area contributed by atoms with Crippen molar-refractivity contribution in [1.29, 1.82) is 0 Å². The lowest BCUT2D eigenvalue weighted by atomic mass is 9.97. The Morgan fingerprint density at radius 1 is 1.24 bits per heavy atom. The van der Waals surface area contributed by atoms with Crippen LogP contribution in [0.5, 0.6) is 0 Å². The van der Waals surface area contributed by atoms with Gasteiger partial charge in [0.2, 0.25) is 6.41 Å². The van der Waals surface area contributed by atoms with Gasteiger partial charge >= 0.3 is 0 Å². The van der Waals surface area contributed by atoms with Crippen LogP contribution in [0.25, 0.3) is 16.5 Å². The third-order valence-electron chi connectivity index (χ3n) is 5.67. The van der Waals surface area contributed by atoms with Crippen LogP contribution in [0, 0.1) is 12.7 Å². The number of benzene rings is 2. The fourth-order valence-electron chi connectivity index (χ4n) is 3.82. The summed E-state index contributed by atoms with van der Waals surface area (Å²) < 4.78 is 16.8. The molecule has 0 aliphatic carbocycles. The number of nitrogens with zero attached hydrogens (tertiary/aromatic N) is 4. The molecule has 3 rings (SSSR count). The maximum atomic E-state index is 15.2. The number of anilines is 1. The molecule has 1 N–H and O–H groups in total. The van der Waals surface area contributed by atoms with Crippen molar-refractivity contribution < 1.29 is 14.3 Å². The molecule has 1 aromatic heterocycles. The third-order valence-corrected chi connectivity index (χ3v) is 5.67. The minimum atomic E-state index is -0.630. The predicted octanol–water partition coefficient (Wildman–Crippen LogP) is 3.78. The Hall–Kier alpha value is -3.52. The second kappa shape index (κ2) is 9.95. The van der Waals surface area contributed by atoms with Gasteiger partial charge in [-0.2, -0.15) is 5.10 Å². The number of fused-ring (bicyclic) bond motifs is 1. The highest BCUT2D eigenvalue weighted by molar-refractivity contribution is 5.93. The maximum absolute atomic E-state index is 15.2. The summed E-state index contributed by atoms with van der Waals surface area (Å²) in [6.07, 6.45) is 2.37. The van der Waals surface area contributed by atoms with Gasteiger partial charge in [-0.15, -0.1) is 0 Å². The van der Waals surface area contributed by atoms with E-state index in [9.17, 15) is 14.7 Å². The Bertz CT molecular complexity index is 1270. The SMILES string of the molecule is CCN(C=O)/C(CO)=N\N(C)c1cc2c(C(C)C)cn(-c3ccccc3C)c(=O)c2cc1F. The van der Waals surface area contributed by atoms with E-state index in [1.165, 1.54) is 23.0 Å². The van der Waals surface area contributed by atoms with Crippen LogP contribution in [0.4, 0.5) is 10.1 Å². The van der Waals surface area contributed by atoms with E-state index in [1.54, 1.807) is 17.6 Å². The Labute approximate surface area is 192 Å². The van der Waals surface area contributed by atoms with Crippen molar-refractivity contribution in [2.75, 3.05) is 25.2 Å². The molecule has 0 radical (unpaired) electrons. The van der Waals surface area contributed by atoms with Crippen molar-refractivity contribution >= 4 is 28.7 Å². The van der Waals surface area contributed by atoms with E-state index < -0.39 is 12.4 Å². The number of hydrazone groups is 1. The maximum Gasteiger partial charge on any atom is 0.263 e. The van der Waals surface area contributed by atoms with E-state index in [-0.39, 0.29) is 28.4 Å². The number of aryl methyl sites for hydroxylation is 1. The second-order valence-corrected chi connectivity index (χ2v) is 8.14. The molecule has 7 nitrogen and oxygen atoms in total. The summed E-state index contributed by atoms with van der Waals surface area (Å²) in [5.41, 5.74) is 2.39. The Morgan fingerprint density at radius 3 is 2.52 bits per heavy atom. The van der Waals surface area contributed by atoms with E-state index in [2.05, 4.69) is 5.10 Å². The number of carbonyl (C=O) groups is 1. The van der Waals surface area contributed by atoms with Gasteiger partial charge in [0.15, 0.2) is 5.84 Å². The molecule has 174 valence electrons. The molecule has 1 amide bonds. The minimum Gasteiger partial charge on any atom is -0.388 e. The molecule has 8 heteroatoms. The summed E-state index contributed by atoms with van der Waals surface area (Å²) in [7, 11) is 1.53. The molecule has 0 spiro atoms. The molecule has 2 aromatic carbocycles. The zero-order chi connectivity index (χ0) is 24.3. The number of amides is 1. The number of pyridine rings is 1. The predicted molar refractivity (Wildman–Crippen MR) is 130 cm³/mol. The van der Waals surface area contributed by atoms with E-state index in [0.29, 0.717) is 18.3 Å². The van der Waals surface area contributed by atoms with Crippen LogP contribution in [-0.2, 0) is 4.79 Å². The number of aliphatic hydroxyl groups is 1. The van der Waals surface area contributed by atoms with Crippen LogP contribution in [0.15, 0.2) is 52.5 Å². The van der Waals surface area contributed by atoms with Gasteiger partial charge in [-0.05, 0) is 54.5 Å². The van der Waals surface area contributed by atoms with Gasteiger partial charge in [0.25, 0.3) is 5.56 Å². The van der Waals surface area contributed by atoms with E-state index in [1.807, 2.05) is 51.2 Å². The molecule has 0 saturated heterocycles. The summed E-state index contributed by atoms with van der Waals surface area (Å²) in [6, 6.07) is 10.4.